The van der Waals surface area contributed by atoms with Gasteiger partial charge in [-0.25, -0.2) is 8.42 Å². The largest absolute Gasteiger partial charge is 0.378 e. The number of piperazine rings is 1. The Bertz CT molecular complexity index is 843. The number of Topliss-reactive ketones (excluding diaryl/α,β-unsaturated/α-hetero) is 1. The molecule has 2 aliphatic heterocycles. The number of ketones is 1. The predicted octanol–water partition coefficient (Wildman–Crippen LogP) is -0.285. The third kappa shape index (κ3) is 3.36. The lowest BCUT2D eigenvalue weighted by Gasteiger charge is -2.39. The molecule has 4 rings (SSSR count). The first-order chi connectivity index (χ1) is 14.1. The monoisotopic (exact) mass is 441 g/mol. The van der Waals surface area contributed by atoms with Crippen LogP contribution in [0.1, 0.15) is 33.1 Å². The maximum atomic E-state index is 13.2. The van der Waals surface area contributed by atoms with Crippen molar-refractivity contribution in [3.8, 4) is 0 Å². The van der Waals surface area contributed by atoms with Crippen molar-refractivity contribution in [3.63, 3.8) is 0 Å². The van der Waals surface area contributed by atoms with Gasteiger partial charge in [0, 0.05) is 51.1 Å². The number of sulfonamides is 1. The third-order valence-corrected chi connectivity index (χ3v) is 9.98. The minimum absolute atomic E-state index is 0.0808. The van der Waals surface area contributed by atoms with Crippen molar-refractivity contribution in [1.29, 1.82) is 0 Å². The quantitative estimate of drug-likeness (QED) is 0.558. The SMILES string of the molecule is CC1(C)C2CCC1(CS(=O)(=O)N1CCN(C(=O)C(=O)N3CCOCC3)CC1)C(=O)C2. The molecule has 30 heavy (non-hydrogen) atoms. The molecule has 2 aliphatic carbocycles. The lowest BCUT2D eigenvalue weighted by molar-refractivity contribution is -0.154. The number of rotatable bonds is 3. The van der Waals surface area contributed by atoms with Crippen molar-refractivity contribution >= 4 is 27.6 Å². The highest BCUT2D eigenvalue weighted by Crippen LogP contribution is 2.64. The highest BCUT2D eigenvalue weighted by atomic mass is 32.2. The van der Waals surface area contributed by atoms with Gasteiger partial charge in [-0.3, -0.25) is 14.4 Å². The van der Waals surface area contributed by atoms with Gasteiger partial charge >= 0.3 is 11.8 Å². The summed E-state index contributed by atoms with van der Waals surface area (Å²) in [7, 11) is -3.64. The van der Waals surface area contributed by atoms with Crippen LogP contribution in [0.15, 0.2) is 0 Å². The summed E-state index contributed by atoms with van der Waals surface area (Å²) in [6.45, 7) is 6.35. The molecule has 0 N–H and O–H groups in total. The highest BCUT2D eigenvalue weighted by molar-refractivity contribution is 7.89. The number of carbonyl (C=O) groups excluding carboxylic acids is 3. The molecule has 2 saturated carbocycles. The van der Waals surface area contributed by atoms with E-state index in [0.29, 0.717) is 39.1 Å². The molecular formula is C20H31N3O6S. The summed E-state index contributed by atoms with van der Waals surface area (Å²) in [6.07, 6.45) is 2.02. The van der Waals surface area contributed by atoms with E-state index in [-0.39, 0.29) is 49.0 Å². The molecule has 0 spiro atoms. The molecule has 4 aliphatic rings. The lowest BCUT2D eigenvalue weighted by Crippen LogP contribution is -2.56. The van der Waals surface area contributed by atoms with Crippen LogP contribution in [0.5, 0.6) is 0 Å². The van der Waals surface area contributed by atoms with Gasteiger partial charge < -0.3 is 14.5 Å². The Labute approximate surface area is 177 Å². The molecule has 168 valence electrons. The van der Waals surface area contributed by atoms with Crippen LogP contribution in [0.3, 0.4) is 0 Å². The number of amides is 2. The zero-order chi connectivity index (χ0) is 21.7. The number of carbonyl (C=O) groups is 3. The van der Waals surface area contributed by atoms with E-state index >= 15 is 0 Å². The van der Waals surface area contributed by atoms with Crippen molar-refractivity contribution in [3.05, 3.63) is 0 Å². The Balaban J connectivity index is 1.38. The van der Waals surface area contributed by atoms with E-state index in [1.807, 2.05) is 13.8 Å². The summed E-state index contributed by atoms with van der Waals surface area (Å²) in [5.41, 5.74) is -1.10. The van der Waals surface area contributed by atoms with Crippen molar-refractivity contribution in [2.75, 3.05) is 58.2 Å². The minimum atomic E-state index is -3.64. The smallest absolute Gasteiger partial charge is 0.312 e. The zero-order valence-corrected chi connectivity index (χ0v) is 18.6. The Morgan fingerprint density at radius 1 is 1.00 bits per heavy atom. The third-order valence-electron chi connectivity index (χ3n) is 7.97. The van der Waals surface area contributed by atoms with E-state index in [9.17, 15) is 22.8 Å². The van der Waals surface area contributed by atoms with E-state index in [1.54, 1.807) is 0 Å². The molecule has 2 saturated heterocycles. The van der Waals surface area contributed by atoms with Gasteiger partial charge in [-0.15, -0.1) is 0 Å². The van der Waals surface area contributed by atoms with Crippen LogP contribution < -0.4 is 0 Å². The zero-order valence-electron chi connectivity index (χ0n) is 17.8. The lowest BCUT2D eigenvalue weighted by atomic mass is 9.70. The summed E-state index contributed by atoms with van der Waals surface area (Å²) >= 11 is 0. The van der Waals surface area contributed by atoms with Gasteiger partial charge in [-0.1, -0.05) is 13.8 Å². The summed E-state index contributed by atoms with van der Waals surface area (Å²) in [4.78, 5) is 40.6. The molecule has 2 heterocycles. The second-order valence-electron chi connectivity index (χ2n) is 9.52. The maximum absolute atomic E-state index is 13.2. The first-order valence-electron chi connectivity index (χ1n) is 10.8. The van der Waals surface area contributed by atoms with Crippen LogP contribution in [0.2, 0.25) is 0 Å². The van der Waals surface area contributed by atoms with E-state index in [0.717, 1.165) is 6.42 Å². The van der Waals surface area contributed by atoms with Crippen LogP contribution in [0.4, 0.5) is 0 Å². The van der Waals surface area contributed by atoms with Gasteiger partial charge in [0.15, 0.2) is 0 Å². The standard InChI is InChI=1S/C20H31N3O6S/c1-19(2)15-3-4-20(19,16(24)13-15)14-30(27,28)23-7-5-21(6-8-23)17(25)18(26)22-9-11-29-12-10-22/h15H,3-14H2,1-2H3. The fourth-order valence-corrected chi connectivity index (χ4v) is 7.92. The second kappa shape index (κ2) is 7.56. The molecule has 0 radical (unpaired) electrons. The highest BCUT2D eigenvalue weighted by Gasteiger charge is 2.65. The molecular weight excluding hydrogens is 410 g/mol. The maximum Gasteiger partial charge on any atom is 0.312 e. The van der Waals surface area contributed by atoms with Gasteiger partial charge in [0.25, 0.3) is 0 Å². The number of hydrogen-bond donors (Lipinski definition) is 0. The Hall–Kier alpha value is -1.52. The summed E-state index contributed by atoms with van der Waals surface area (Å²) in [5, 5.41) is 0. The van der Waals surface area contributed by atoms with Gasteiger partial charge in [0.05, 0.1) is 19.0 Å². The molecule has 9 nitrogen and oxygen atoms in total. The van der Waals surface area contributed by atoms with E-state index in [1.165, 1.54) is 14.1 Å². The summed E-state index contributed by atoms with van der Waals surface area (Å²) < 4.78 is 33.0. The molecule has 4 fully saturated rings. The average Bonchev–Trinajstić information content (AvgIpc) is 3.07. The van der Waals surface area contributed by atoms with Gasteiger partial charge in [-0.2, -0.15) is 4.31 Å². The number of fused-ring (bicyclic) bond motifs is 2. The first-order valence-corrected chi connectivity index (χ1v) is 12.4. The van der Waals surface area contributed by atoms with Crippen LogP contribution >= 0.6 is 0 Å². The van der Waals surface area contributed by atoms with Gasteiger partial charge in [0.1, 0.15) is 5.78 Å². The number of morpholine rings is 1. The number of nitrogens with zero attached hydrogens (tertiary/aromatic N) is 3. The molecule has 0 aromatic heterocycles. The second-order valence-corrected chi connectivity index (χ2v) is 11.5. The van der Waals surface area contributed by atoms with Crippen LogP contribution in [0, 0.1) is 16.7 Å². The first kappa shape index (κ1) is 21.7. The van der Waals surface area contributed by atoms with E-state index < -0.39 is 27.3 Å². The van der Waals surface area contributed by atoms with Crippen LogP contribution in [-0.2, 0) is 29.1 Å². The van der Waals surface area contributed by atoms with Crippen molar-refractivity contribution in [2.24, 2.45) is 16.7 Å². The number of ether oxygens (including phenoxy) is 1. The molecule has 0 aromatic carbocycles. The van der Waals surface area contributed by atoms with Crippen molar-refractivity contribution in [1.82, 2.24) is 14.1 Å². The van der Waals surface area contributed by atoms with Crippen molar-refractivity contribution < 1.29 is 27.5 Å². The van der Waals surface area contributed by atoms with Gasteiger partial charge in [-0.05, 0) is 24.2 Å². The van der Waals surface area contributed by atoms with E-state index in [2.05, 4.69) is 0 Å². The molecule has 2 atom stereocenters. The Morgan fingerprint density at radius 3 is 2.07 bits per heavy atom. The molecule has 2 amide bonds. The molecule has 10 heteroatoms. The van der Waals surface area contributed by atoms with Crippen LogP contribution in [0.25, 0.3) is 0 Å². The molecule has 2 bridgehead atoms. The number of hydrogen-bond acceptors (Lipinski definition) is 6. The van der Waals surface area contributed by atoms with Gasteiger partial charge in [0.2, 0.25) is 10.0 Å². The minimum Gasteiger partial charge on any atom is -0.378 e. The summed E-state index contributed by atoms with van der Waals surface area (Å²) in [6, 6.07) is 0. The van der Waals surface area contributed by atoms with Crippen LogP contribution in [-0.4, -0.2) is 98.4 Å². The fourth-order valence-electron chi connectivity index (χ4n) is 5.72. The van der Waals surface area contributed by atoms with Crippen molar-refractivity contribution in [2.45, 2.75) is 33.1 Å². The summed E-state index contributed by atoms with van der Waals surface area (Å²) in [5.74, 6) is -0.941. The predicted molar refractivity (Wildman–Crippen MR) is 108 cm³/mol. The fraction of sp³-hybridized carbons (Fsp3) is 0.850. The topological polar surface area (TPSA) is 104 Å². The van der Waals surface area contributed by atoms with E-state index in [4.69, 9.17) is 4.74 Å². The average molecular weight is 442 g/mol. The Kier molecular flexibility index (Phi) is 5.47. The molecule has 0 aromatic rings. The molecule has 2 unspecified atom stereocenters. The normalized spacial score (nSPS) is 31.9. The Morgan fingerprint density at radius 2 is 1.57 bits per heavy atom.